The summed E-state index contributed by atoms with van der Waals surface area (Å²) in [6.45, 7) is 3.42. The topological polar surface area (TPSA) is 115 Å². The lowest BCUT2D eigenvalue weighted by atomic mass is 9.87. The molecule has 1 aliphatic rings. The van der Waals surface area contributed by atoms with Gasteiger partial charge in [0.15, 0.2) is 0 Å². The Kier molecular flexibility index (Phi) is 8.16. The van der Waals surface area contributed by atoms with Crippen LogP contribution < -0.4 is 0 Å². The number of aromatic hydroxyl groups is 2. The zero-order chi connectivity index (χ0) is 22.4. The van der Waals surface area contributed by atoms with Gasteiger partial charge in [0.05, 0.1) is 10.8 Å². The number of hydrogen-bond acceptors (Lipinski definition) is 4. The Morgan fingerprint density at radius 2 is 1.37 bits per heavy atom. The summed E-state index contributed by atoms with van der Waals surface area (Å²) in [6.07, 6.45) is 9.45. The van der Waals surface area contributed by atoms with E-state index in [9.17, 15) is 24.9 Å². The van der Waals surface area contributed by atoms with Gasteiger partial charge in [0, 0.05) is 0 Å². The minimum atomic E-state index is -0.804. The second kappa shape index (κ2) is 10.2. The first-order valence-electron chi connectivity index (χ1n) is 11.1. The van der Waals surface area contributed by atoms with Crippen LogP contribution in [-0.4, -0.2) is 32.4 Å². The van der Waals surface area contributed by atoms with Crippen LogP contribution in [0.4, 0.5) is 0 Å². The Hall–Kier alpha value is -2.24. The fourth-order valence-electron chi connectivity index (χ4n) is 3.91. The Morgan fingerprint density at radius 3 is 1.83 bits per heavy atom. The van der Waals surface area contributed by atoms with Crippen molar-refractivity contribution in [2.75, 3.05) is 0 Å². The molecule has 0 heterocycles. The minimum absolute atomic E-state index is 0.178. The third kappa shape index (κ3) is 6.64. The number of carbonyl (C=O) groups is 2. The number of hydrogen-bond donors (Lipinski definition) is 4. The summed E-state index contributed by atoms with van der Waals surface area (Å²) in [6, 6.07) is 3.26. The second-order valence-corrected chi connectivity index (χ2v) is 9.51. The lowest BCUT2D eigenvalue weighted by Crippen LogP contribution is -2.23. The second-order valence-electron chi connectivity index (χ2n) is 9.51. The minimum Gasteiger partial charge on any atom is -0.508 e. The number of unbranched alkanes of at least 4 members (excludes halogenated alkanes) is 4. The van der Waals surface area contributed by atoms with Crippen LogP contribution in [0.15, 0.2) is 12.1 Å². The van der Waals surface area contributed by atoms with Crippen molar-refractivity contribution in [3.05, 3.63) is 23.3 Å². The summed E-state index contributed by atoms with van der Waals surface area (Å²) in [5, 5.41) is 38.9. The number of rotatable bonds is 14. The molecule has 0 aliphatic heterocycles. The first kappa shape index (κ1) is 24.0. The van der Waals surface area contributed by atoms with E-state index in [1.165, 1.54) is 0 Å². The smallest absolute Gasteiger partial charge is 0.309 e. The summed E-state index contributed by atoms with van der Waals surface area (Å²) in [5.74, 6) is -1.09. The molecule has 168 valence electrons. The van der Waals surface area contributed by atoms with Crippen molar-refractivity contribution in [2.24, 2.45) is 10.8 Å². The molecule has 0 saturated heterocycles. The first-order chi connectivity index (χ1) is 14.1. The molecule has 2 rings (SSSR count). The van der Waals surface area contributed by atoms with Crippen molar-refractivity contribution < 1.29 is 30.0 Å². The van der Waals surface area contributed by atoms with Gasteiger partial charge in [0.25, 0.3) is 0 Å². The Morgan fingerprint density at radius 1 is 0.867 bits per heavy atom. The molecule has 0 atom stereocenters. The molecule has 0 aromatic heterocycles. The van der Waals surface area contributed by atoms with Gasteiger partial charge in [0.2, 0.25) is 0 Å². The van der Waals surface area contributed by atoms with Crippen LogP contribution in [0.5, 0.6) is 11.5 Å². The Bertz CT molecular complexity index is 748. The lowest BCUT2D eigenvalue weighted by Gasteiger charge is -2.18. The molecule has 0 unspecified atom stereocenters. The van der Waals surface area contributed by atoms with Crippen molar-refractivity contribution in [3.63, 3.8) is 0 Å². The summed E-state index contributed by atoms with van der Waals surface area (Å²) >= 11 is 0. The van der Waals surface area contributed by atoms with E-state index in [2.05, 4.69) is 0 Å². The van der Waals surface area contributed by atoms with Crippen molar-refractivity contribution in [3.8, 4) is 11.5 Å². The maximum Gasteiger partial charge on any atom is 0.309 e. The number of aryl methyl sites for hydroxylation is 2. The van der Waals surface area contributed by atoms with Gasteiger partial charge in [-0.05, 0) is 88.5 Å². The van der Waals surface area contributed by atoms with Crippen LogP contribution in [0.1, 0.15) is 89.2 Å². The molecule has 1 saturated carbocycles. The fraction of sp³-hybridized carbons (Fsp3) is 0.667. The molecule has 1 aromatic rings. The molecule has 0 amide bonds. The molecule has 4 N–H and O–H groups in total. The van der Waals surface area contributed by atoms with E-state index in [4.69, 9.17) is 5.11 Å². The molecule has 1 fully saturated rings. The number of aliphatic carboxylic acids is 2. The van der Waals surface area contributed by atoms with Gasteiger partial charge in [-0.1, -0.05) is 25.7 Å². The number of phenols is 2. The van der Waals surface area contributed by atoms with Crippen LogP contribution in [0.25, 0.3) is 0 Å². The van der Waals surface area contributed by atoms with Gasteiger partial charge in [-0.25, -0.2) is 0 Å². The molecule has 1 aromatic carbocycles. The van der Waals surface area contributed by atoms with Crippen LogP contribution in [0.2, 0.25) is 0 Å². The Balaban J connectivity index is 1.71. The van der Waals surface area contributed by atoms with Crippen molar-refractivity contribution in [2.45, 2.75) is 90.9 Å². The van der Waals surface area contributed by atoms with E-state index in [1.54, 1.807) is 26.0 Å². The van der Waals surface area contributed by atoms with Gasteiger partial charge in [0.1, 0.15) is 11.5 Å². The highest BCUT2D eigenvalue weighted by Gasteiger charge is 2.49. The maximum absolute atomic E-state index is 11.2. The van der Waals surface area contributed by atoms with Crippen molar-refractivity contribution in [1.29, 1.82) is 0 Å². The monoisotopic (exact) mass is 420 g/mol. The van der Waals surface area contributed by atoms with Gasteiger partial charge >= 0.3 is 11.9 Å². The first-order valence-corrected chi connectivity index (χ1v) is 11.1. The highest BCUT2D eigenvalue weighted by atomic mass is 16.4. The van der Waals surface area contributed by atoms with Crippen LogP contribution in [0.3, 0.4) is 0 Å². The molecule has 1 aliphatic carbocycles. The number of phenolic OH excluding ortho intramolecular Hbond substituents is 2. The highest BCUT2D eigenvalue weighted by Crippen LogP contribution is 2.50. The van der Waals surface area contributed by atoms with Crippen LogP contribution in [-0.2, 0) is 22.4 Å². The Labute approximate surface area is 178 Å². The number of carboxylic acid groups (broad SMARTS) is 2. The average molecular weight is 421 g/mol. The molecule has 0 radical (unpaired) electrons. The number of benzene rings is 1. The fourth-order valence-corrected chi connectivity index (χ4v) is 3.91. The zero-order valence-corrected chi connectivity index (χ0v) is 18.2. The van der Waals surface area contributed by atoms with Gasteiger partial charge < -0.3 is 20.4 Å². The quantitative estimate of drug-likeness (QED) is 0.240. The highest BCUT2D eigenvalue weighted by molar-refractivity contribution is 5.77. The van der Waals surface area contributed by atoms with Crippen LogP contribution >= 0.6 is 0 Å². The third-order valence-electron chi connectivity index (χ3n) is 6.52. The van der Waals surface area contributed by atoms with Crippen molar-refractivity contribution >= 4 is 11.9 Å². The summed E-state index contributed by atoms with van der Waals surface area (Å²) in [4.78, 5) is 22.3. The molecule has 30 heavy (non-hydrogen) atoms. The normalized spacial score (nSPS) is 15.1. The maximum atomic E-state index is 11.2. The molecular formula is C24H36O6. The SMILES string of the molecule is CC(C)(CCCCc1cc(O)c(CCCCCCC2(C(=O)O)CC2)cc1O)C(=O)O. The van der Waals surface area contributed by atoms with Gasteiger partial charge in [-0.2, -0.15) is 0 Å². The molecule has 0 bridgehead atoms. The van der Waals surface area contributed by atoms with E-state index in [1.807, 2.05) is 0 Å². The third-order valence-corrected chi connectivity index (χ3v) is 6.52. The molecule has 0 spiro atoms. The number of carboxylic acids is 2. The van der Waals surface area contributed by atoms with E-state index in [-0.39, 0.29) is 11.5 Å². The summed E-state index contributed by atoms with van der Waals surface area (Å²) in [7, 11) is 0. The standard InChI is InChI=1S/C24H36O6/c1-23(2,21(27)28)11-8-6-10-18-16-19(25)17(15-20(18)26)9-5-3-4-7-12-24(13-14-24)22(29)30/h15-16,25-26H,3-14H2,1-2H3,(H,27,28)(H,29,30). The molecule has 6 nitrogen and oxygen atoms in total. The summed E-state index contributed by atoms with van der Waals surface area (Å²) in [5.41, 5.74) is 0.227. The van der Waals surface area contributed by atoms with E-state index in [0.29, 0.717) is 24.8 Å². The molecule has 6 heteroatoms. The van der Waals surface area contributed by atoms with E-state index in [0.717, 1.165) is 63.4 Å². The largest absolute Gasteiger partial charge is 0.508 e. The van der Waals surface area contributed by atoms with Crippen LogP contribution in [0, 0.1) is 10.8 Å². The zero-order valence-electron chi connectivity index (χ0n) is 18.2. The van der Waals surface area contributed by atoms with E-state index >= 15 is 0 Å². The lowest BCUT2D eigenvalue weighted by molar-refractivity contribution is -0.147. The van der Waals surface area contributed by atoms with Gasteiger partial charge in [-0.15, -0.1) is 0 Å². The molecular weight excluding hydrogens is 384 g/mol. The average Bonchev–Trinajstić information content (AvgIpc) is 3.46. The predicted octanol–water partition coefficient (Wildman–Crippen LogP) is 5.28. The van der Waals surface area contributed by atoms with E-state index < -0.39 is 22.8 Å². The van der Waals surface area contributed by atoms with Crippen molar-refractivity contribution in [1.82, 2.24) is 0 Å². The predicted molar refractivity (Wildman–Crippen MR) is 115 cm³/mol. The van der Waals surface area contributed by atoms with Gasteiger partial charge in [-0.3, -0.25) is 9.59 Å². The summed E-state index contributed by atoms with van der Waals surface area (Å²) < 4.78 is 0.